The normalized spacial score (nSPS) is 10.5. The Labute approximate surface area is 119 Å². The Kier molecular flexibility index (Phi) is 3.84. The summed E-state index contributed by atoms with van der Waals surface area (Å²) < 4.78 is 27.4. The van der Waals surface area contributed by atoms with Crippen LogP contribution >= 0.6 is 0 Å². The number of aromatic nitrogens is 2. The molecule has 0 amide bonds. The molecule has 1 aromatic carbocycles. The lowest BCUT2D eigenvalue weighted by Gasteiger charge is -2.13. The summed E-state index contributed by atoms with van der Waals surface area (Å²) >= 11 is 0. The molecule has 0 saturated carbocycles. The standard InChI is InChI=1S/C14H13F2N3O2/c1-7-11(17-14(19(2)3)18-13(7)21)12(20)10-8(15)5-4-6-9(10)16/h4-6H,1-3H3,(H,17,18,21). The molecule has 7 heteroatoms. The Morgan fingerprint density at radius 2 is 1.81 bits per heavy atom. The first kappa shape index (κ1) is 14.8. The number of halogens is 2. The first-order chi connectivity index (χ1) is 9.82. The van der Waals surface area contributed by atoms with Gasteiger partial charge in [-0.3, -0.25) is 14.6 Å². The molecule has 0 atom stereocenters. The highest BCUT2D eigenvalue weighted by atomic mass is 19.1. The molecule has 1 heterocycles. The van der Waals surface area contributed by atoms with Crippen LogP contribution in [0.2, 0.25) is 0 Å². The fraction of sp³-hybridized carbons (Fsp3) is 0.214. The van der Waals surface area contributed by atoms with Gasteiger partial charge in [0.2, 0.25) is 11.7 Å². The molecule has 2 aromatic rings. The molecule has 2 rings (SSSR count). The van der Waals surface area contributed by atoms with Crippen LogP contribution in [-0.4, -0.2) is 29.8 Å². The van der Waals surface area contributed by atoms with Gasteiger partial charge >= 0.3 is 0 Å². The van der Waals surface area contributed by atoms with E-state index in [4.69, 9.17) is 0 Å². The highest BCUT2D eigenvalue weighted by Gasteiger charge is 2.23. The second-order valence-electron chi connectivity index (χ2n) is 4.68. The number of hydrogen-bond donors (Lipinski definition) is 1. The molecule has 0 aliphatic rings. The van der Waals surface area contributed by atoms with Gasteiger partial charge in [0.05, 0.1) is 5.56 Å². The third-order valence-electron chi connectivity index (χ3n) is 2.97. The number of ketones is 1. The molecule has 0 fully saturated rings. The Morgan fingerprint density at radius 1 is 1.24 bits per heavy atom. The first-order valence-electron chi connectivity index (χ1n) is 6.10. The zero-order valence-electron chi connectivity index (χ0n) is 11.7. The second kappa shape index (κ2) is 5.43. The molecular weight excluding hydrogens is 280 g/mol. The number of nitrogens with zero attached hydrogens (tertiary/aromatic N) is 2. The van der Waals surface area contributed by atoms with Gasteiger partial charge in [-0.05, 0) is 19.1 Å². The quantitative estimate of drug-likeness (QED) is 0.874. The largest absolute Gasteiger partial charge is 0.348 e. The molecule has 0 unspecified atom stereocenters. The lowest BCUT2D eigenvalue weighted by molar-refractivity contribution is 0.102. The predicted molar refractivity (Wildman–Crippen MR) is 73.7 cm³/mol. The van der Waals surface area contributed by atoms with E-state index in [-0.39, 0.29) is 17.2 Å². The number of carbonyl (C=O) groups is 1. The van der Waals surface area contributed by atoms with E-state index in [1.807, 2.05) is 0 Å². The van der Waals surface area contributed by atoms with Crippen LogP contribution < -0.4 is 10.5 Å². The first-order valence-corrected chi connectivity index (χ1v) is 6.10. The molecular formula is C14H13F2N3O2. The average molecular weight is 293 g/mol. The topological polar surface area (TPSA) is 66.1 Å². The number of carbonyl (C=O) groups excluding carboxylic acids is 1. The van der Waals surface area contributed by atoms with Gasteiger partial charge in [-0.1, -0.05) is 6.07 Å². The maximum absolute atomic E-state index is 13.7. The lowest BCUT2D eigenvalue weighted by Crippen LogP contribution is -2.25. The summed E-state index contributed by atoms with van der Waals surface area (Å²) in [6.45, 7) is 1.37. The zero-order chi connectivity index (χ0) is 15.7. The second-order valence-corrected chi connectivity index (χ2v) is 4.68. The van der Waals surface area contributed by atoms with Crippen LogP contribution in [0.5, 0.6) is 0 Å². The smallest absolute Gasteiger partial charge is 0.255 e. The number of benzene rings is 1. The van der Waals surface area contributed by atoms with Gasteiger partial charge in [0.1, 0.15) is 17.3 Å². The predicted octanol–water partition coefficient (Wildman–Crippen LogP) is 1.65. The maximum Gasteiger partial charge on any atom is 0.255 e. The Hall–Kier alpha value is -2.57. The molecule has 110 valence electrons. The fourth-order valence-corrected chi connectivity index (χ4v) is 1.79. The Balaban J connectivity index is 2.66. The SMILES string of the molecule is Cc1c(C(=O)c2c(F)cccc2F)nc(N(C)C)[nH]c1=O. The van der Waals surface area contributed by atoms with E-state index in [1.165, 1.54) is 11.8 Å². The minimum atomic E-state index is -0.993. The van der Waals surface area contributed by atoms with Crippen molar-refractivity contribution in [2.24, 2.45) is 0 Å². The third-order valence-corrected chi connectivity index (χ3v) is 2.97. The molecule has 0 spiro atoms. The average Bonchev–Trinajstić information content (AvgIpc) is 2.41. The van der Waals surface area contributed by atoms with Crippen molar-refractivity contribution >= 4 is 11.7 Å². The molecule has 0 radical (unpaired) electrons. The fourth-order valence-electron chi connectivity index (χ4n) is 1.79. The molecule has 1 N–H and O–H groups in total. The van der Waals surface area contributed by atoms with E-state index in [0.717, 1.165) is 18.2 Å². The maximum atomic E-state index is 13.7. The molecule has 5 nitrogen and oxygen atoms in total. The minimum absolute atomic E-state index is 0.00764. The Morgan fingerprint density at radius 3 is 2.33 bits per heavy atom. The zero-order valence-corrected chi connectivity index (χ0v) is 11.7. The van der Waals surface area contributed by atoms with Crippen LogP contribution in [0.4, 0.5) is 14.7 Å². The van der Waals surface area contributed by atoms with Crippen molar-refractivity contribution in [2.45, 2.75) is 6.92 Å². The molecule has 0 bridgehead atoms. The molecule has 0 aliphatic carbocycles. The van der Waals surface area contributed by atoms with E-state index in [9.17, 15) is 18.4 Å². The van der Waals surface area contributed by atoms with Gasteiger partial charge in [-0.2, -0.15) is 0 Å². The van der Waals surface area contributed by atoms with Crippen molar-refractivity contribution < 1.29 is 13.6 Å². The third kappa shape index (κ3) is 2.67. The van der Waals surface area contributed by atoms with Gasteiger partial charge in [-0.25, -0.2) is 13.8 Å². The summed E-state index contributed by atoms with van der Waals surface area (Å²) in [5.74, 6) is -2.82. The van der Waals surface area contributed by atoms with Crippen LogP contribution in [0.25, 0.3) is 0 Å². The summed E-state index contributed by atoms with van der Waals surface area (Å²) in [6, 6.07) is 3.11. The van der Waals surface area contributed by atoms with Gasteiger partial charge in [0.15, 0.2) is 0 Å². The number of H-pyrrole nitrogens is 1. The van der Waals surface area contributed by atoms with Crippen LogP contribution in [0.3, 0.4) is 0 Å². The van der Waals surface area contributed by atoms with Crippen molar-refractivity contribution in [3.05, 3.63) is 57.0 Å². The number of nitrogens with one attached hydrogen (secondary N) is 1. The highest BCUT2D eigenvalue weighted by Crippen LogP contribution is 2.18. The number of aromatic amines is 1. The number of anilines is 1. The van der Waals surface area contributed by atoms with E-state index < -0.39 is 28.5 Å². The van der Waals surface area contributed by atoms with Gasteiger partial charge < -0.3 is 4.90 Å². The summed E-state index contributed by atoms with van der Waals surface area (Å²) in [6.07, 6.45) is 0. The van der Waals surface area contributed by atoms with Crippen LogP contribution in [0.1, 0.15) is 21.6 Å². The van der Waals surface area contributed by atoms with Crippen molar-refractivity contribution in [3.63, 3.8) is 0 Å². The van der Waals surface area contributed by atoms with E-state index in [0.29, 0.717) is 0 Å². The number of hydrogen-bond acceptors (Lipinski definition) is 4. The minimum Gasteiger partial charge on any atom is -0.348 e. The molecule has 1 aromatic heterocycles. The van der Waals surface area contributed by atoms with E-state index in [2.05, 4.69) is 9.97 Å². The summed E-state index contributed by atoms with van der Waals surface area (Å²) in [5, 5.41) is 0. The monoisotopic (exact) mass is 293 g/mol. The van der Waals surface area contributed by atoms with Crippen LogP contribution in [0.15, 0.2) is 23.0 Å². The summed E-state index contributed by atoms with van der Waals surface area (Å²) in [5.41, 5.74) is -1.52. The van der Waals surface area contributed by atoms with Crippen LogP contribution in [-0.2, 0) is 0 Å². The van der Waals surface area contributed by atoms with Crippen molar-refractivity contribution in [1.29, 1.82) is 0 Å². The number of rotatable bonds is 3. The van der Waals surface area contributed by atoms with E-state index in [1.54, 1.807) is 14.1 Å². The van der Waals surface area contributed by atoms with Crippen LogP contribution in [0, 0.1) is 18.6 Å². The van der Waals surface area contributed by atoms with E-state index >= 15 is 0 Å². The lowest BCUT2D eigenvalue weighted by atomic mass is 10.0. The summed E-state index contributed by atoms with van der Waals surface area (Å²) in [7, 11) is 3.23. The highest BCUT2D eigenvalue weighted by molar-refractivity contribution is 6.09. The molecule has 0 aliphatic heterocycles. The van der Waals surface area contributed by atoms with Gasteiger partial charge in [0.25, 0.3) is 5.56 Å². The van der Waals surface area contributed by atoms with Gasteiger partial charge in [0, 0.05) is 19.7 Å². The molecule has 21 heavy (non-hydrogen) atoms. The molecule has 0 saturated heterocycles. The van der Waals surface area contributed by atoms with Crippen molar-refractivity contribution in [1.82, 2.24) is 9.97 Å². The van der Waals surface area contributed by atoms with Crippen molar-refractivity contribution in [2.75, 3.05) is 19.0 Å². The van der Waals surface area contributed by atoms with Crippen molar-refractivity contribution in [3.8, 4) is 0 Å². The Bertz CT molecular complexity index is 749. The van der Waals surface area contributed by atoms with Gasteiger partial charge in [-0.15, -0.1) is 0 Å². The summed E-state index contributed by atoms with van der Waals surface area (Å²) in [4.78, 5) is 32.1.